The van der Waals surface area contributed by atoms with Gasteiger partial charge in [-0.05, 0) is 17.7 Å². The number of fused-ring (bicyclic) bond motifs is 1. The normalized spacial score (nSPS) is 15.2. The molecule has 0 aromatic heterocycles. The van der Waals surface area contributed by atoms with Crippen molar-refractivity contribution in [3.63, 3.8) is 0 Å². The van der Waals surface area contributed by atoms with Gasteiger partial charge in [0.25, 0.3) is 0 Å². The lowest BCUT2D eigenvalue weighted by Gasteiger charge is -2.18. The third kappa shape index (κ3) is 1.22. The molecule has 1 aromatic rings. The molecule has 0 fully saturated rings. The summed E-state index contributed by atoms with van der Waals surface area (Å²) in [7, 11) is 0. The molecule has 1 aromatic carbocycles. The van der Waals surface area contributed by atoms with E-state index in [1.165, 1.54) is 6.07 Å². The average Bonchev–Trinajstić information content (AvgIpc) is 2.00. The molecule has 13 heavy (non-hydrogen) atoms. The first-order valence-corrected chi connectivity index (χ1v) is 3.72. The predicted octanol–water partition coefficient (Wildman–Crippen LogP) is 2.44. The third-order valence-corrected chi connectivity index (χ3v) is 2.08. The molecule has 2 rings (SSSR count). The highest BCUT2D eigenvalue weighted by molar-refractivity contribution is 6.06. The van der Waals surface area contributed by atoms with Gasteiger partial charge in [0.2, 0.25) is 0 Å². The second-order valence-corrected chi connectivity index (χ2v) is 2.97. The van der Waals surface area contributed by atoms with E-state index in [2.05, 4.69) is 0 Å². The van der Waals surface area contributed by atoms with Gasteiger partial charge in [0.1, 0.15) is 0 Å². The summed E-state index contributed by atoms with van der Waals surface area (Å²) in [6, 6.07) is 3.22. The Bertz CT molecular complexity index is 379. The van der Waals surface area contributed by atoms with Crippen LogP contribution in [0.4, 0.5) is 13.2 Å². The minimum atomic E-state index is -4.31. The van der Waals surface area contributed by atoms with E-state index in [0.717, 1.165) is 12.1 Å². The van der Waals surface area contributed by atoms with Crippen LogP contribution in [0.1, 0.15) is 21.5 Å². The summed E-state index contributed by atoms with van der Waals surface area (Å²) in [5, 5.41) is 0. The highest BCUT2D eigenvalue weighted by atomic mass is 19.4. The summed E-state index contributed by atoms with van der Waals surface area (Å²) < 4.78 is 36.4. The number of halogens is 3. The number of carbonyl (C=O) groups is 1. The minimum absolute atomic E-state index is 0.0799. The molecule has 0 atom stereocenters. The summed E-state index contributed by atoms with van der Waals surface area (Å²) in [6.07, 6.45) is -4.17. The Labute approximate surface area is 72.2 Å². The van der Waals surface area contributed by atoms with Gasteiger partial charge in [0.05, 0.1) is 5.56 Å². The molecule has 0 radical (unpaired) electrons. The summed E-state index contributed by atoms with van der Waals surface area (Å²) in [5.74, 6) is -0.0799. The van der Waals surface area contributed by atoms with E-state index in [9.17, 15) is 18.0 Å². The quantitative estimate of drug-likeness (QED) is 0.608. The van der Waals surface area contributed by atoms with E-state index in [1.54, 1.807) is 0 Å². The van der Waals surface area contributed by atoms with Gasteiger partial charge in [0, 0.05) is 12.0 Å². The van der Waals surface area contributed by atoms with Gasteiger partial charge in [-0.3, -0.25) is 4.79 Å². The summed E-state index contributed by atoms with van der Waals surface area (Å²) in [4.78, 5) is 10.8. The highest BCUT2D eigenvalue weighted by Gasteiger charge is 2.33. The number of rotatable bonds is 0. The Hall–Kier alpha value is -1.32. The highest BCUT2D eigenvalue weighted by Crippen LogP contribution is 2.33. The number of ketones is 1. The Kier molecular flexibility index (Phi) is 1.49. The first-order valence-electron chi connectivity index (χ1n) is 3.72. The van der Waals surface area contributed by atoms with E-state index in [4.69, 9.17) is 0 Å². The van der Waals surface area contributed by atoms with Crippen molar-refractivity contribution >= 4 is 5.78 Å². The van der Waals surface area contributed by atoms with E-state index in [0.29, 0.717) is 11.1 Å². The lowest BCUT2D eigenvalue weighted by Crippen LogP contribution is -2.20. The van der Waals surface area contributed by atoms with E-state index in [1.807, 2.05) is 0 Å². The molecule has 0 saturated carbocycles. The zero-order valence-corrected chi connectivity index (χ0v) is 6.48. The summed E-state index contributed by atoms with van der Waals surface area (Å²) in [6.45, 7) is 0. The van der Waals surface area contributed by atoms with Gasteiger partial charge in [-0.1, -0.05) is 6.07 Å². The zero-order chi connectivity index (χ0) is 9.64. The van der Waals surface area contributed by atoms with Crippen LogP contribution in [0.25, 0.3) is 0 Å². The number of alkyl halides is 3. The van der Waals surface area contributed by atoms with Crippen LogP contribution in [-0.4, -0.2) is 5.78 Å². The van der Waals surface area contributed by atoms with Crippen LogP contribution < -0.4 is 0 Å². The number of hydrogen-bond acceptors (Lipinski definition) is 1. The minimum Gasteiger partial charge on any atom is -0.294 e. The van der Waals surface area contributed by atoms with E-state index in [-0.39, 0.29) is 12.2 Å². The first-order chi connectivity index (χ1) is 5.98. The first kappa shape index (κ1) is 8.29. The summed E-state index contributed by atoms with van der Waals surface area (Å²) in [5.41, 5.74) is 0.242. The molecule has 0 amide bonds. The van der Waals surface area contributed by atoms with Crippen molar-refractivity contribution in [2.75, 3.05) is 0 Å². The van der Waals surface area contributed by atoms with Crippen LogP contribution in [0, 0.1) is 0 Å². The maximum atomic E-state index is 12.1. The third-order valence-electron chi connectivity index (χ3n) is 2.08. The molecule has 0 unspecified atom stereocenters. The number of hydrogen-bond donors (Lipinski definition) is 0. The van der Waals surface area contributed by atoms with Crippen molar-refractivity contribution in [2.24, 2.45) is 0 Å². The van der Waals surface area contributed by atoms with Crippen molar-refractivity contribution in [1.82, 2.24) is 0 Å². The topological polar surface area (TPSA) is 17.1 Å². The second-order valence-electron chi connectivity index (χ2n) is 2.97. The molecule has 0 bridgehead atoms. The largest absolute Gasteiger partial charge is 0.416 e. The molecular formula is C9H5F3O. The Morgan fingerprint density at radius 1 is 1.23 bits per heavy atom. The zero-order valence-electron chi connectivity index (χ0n) is 6.48. The second kappa shape index (κ2) is 2.34. The Balaban J connectivity index is 2.44. The molecule has 4 heteroatoms. The van der Waals surface area contributed by atoms with Gasteiger partial charge in [-0.15, -0.1) is 0 Å². The molecule has 0 aliphatic heterocycles. The average molecular weight is 186 g/mol. The molecule has 0 saturated heterocycles. The maximum Gasteiger partial charge on any atom is 0.416 e. The lowest BCUT2D eigenvalue weighted by molar-refractivity contribution is -0.137. The molecule has 1 aliphatic carbocycles. The molecule has 1 nitrogen and oxygen atoms in total. The van der Waals surface area contributed by atoms with Crippen LogP contribution >= 0.6 is 0 Å². The van der Waals surface area contributed by atoms with Crippen molar-refractivity contribution < 1.29 is 18.0 Å². The monoisotopic (exact) mass is 186 g/mol. The number of benzene rings is 1. The lowest BCUT2D eigenvalue weighted by atomic mass is 9.86. The van der Waals surface area contributed by atoms with Gasteiger partial charge in [0.15, 0.2) is 5.78 Å². The molecule has 1 aliphatic rings. The van der Waals surface area contributed by atoms with Crippen LogP contribution in [0.5, 0.6) is 0 Å². The van der Waals surface area contributed by atoms with Crippen LogP contribution in [-0.2, 0) is 12.6 Å². The van der Waals surface area contributed by atoms with E-state index < -0.39 is 11.7 Å². The Morgan fingerprint density at radius 2 is 1.92 bits per heavy atom. The fourth-order valence-corrected chi connectivity index (χ4v) is 1.35. The predicted molar refractivity (Wildman–Crippen MR) is 39.5 cm³/mol. The van der Waals surface area contributed by atoms with Crippen molar-refractivity contribution in [2.45, 2.75) is 12.6 Å². The van der Waals surface area contributed by atoms with E-state index >= 15 is 0 Å². The molecule has 0 heterocycles. The van der Waals surface area contributed by atoms with Crippen LogP contribution in [0.2, 0.25) is 0 Å². The fraction of sp³-hybridized carbons (Fsp3) is 0.222. The molecule has 0 N–H and O–H groups in total. The van der Waals surface area contributed by atoms with Gasteiger partial charge >= 0.3 is 6.18 Å². The Morgan fingerprint density at radius 3 is 2.38 bits per heavy atom. The van der Waals surface area contributed by atoms with Crippen LogP contribution in [0.15, 0.2) is 18.2 Å². The van der Waals surface area contributed by atoms with Crippen LogP contribution in [0.3, 0.4) is 0 Å². The van der Waals surface area contributed by atoms with Crippen molar-refractivity contribution in [3.8, 4) is 0 Å². The van der Waals surface area contributed by atoms with Crippen molar-refractivity contribution in [1.29, 1.82) is 0 Å². The van der Waals surface area contributed by atoms with Crippen molar-refractivity contribution in [3.05, 3.63) is 34.9 Å². The molecule has 68 valence electrons. The van der Waals surface area contributed by atoms with Gasteiger partial charge in [-0.25, -0.2) is 0 Å². The number of carbonyl (C=O) groups excluding carboxylic acids is 1. The SMILES string of the molecule is O=C1Cc2cc(C(F)(F)F)ccc21. The van der Waals surface area contributed by atoms with Gasteiger partial charge < -0.3 is 0 Å². The standard InChI is InChI=1S/C9H5F3O/c10-9(11,12)6-1-2-7-5(3-6)4-8(7)13/h1-3H,4H2. The van der Waals surface area contributed by atoms with Gasteiger partial charge in [-0.2, -0.15) is 13.2 Å². The smallest absolute Gasteiger partial charge is 0.294 e. The number of Topliss-reactive ketones (excluding diaryl/α,β-unsaturated/α-hetero) is 1. The maximum absolute atomic E-state index is 12.1. The molecular weight excluding hydrogens is 181 g/mol. The summed E-state index contributed by atoms with van der Waals surface area (Å²) >= 11 is 0. The fourth-order valence-electron chi connectivity index (χ4n) is 1.35. The molecule has 0 spiro atoms.